The summed E-state index contributed by atoms with van der Waals surface area (Å²) < 4.78 is 1.16. The quantitative estimate of drug-likeness (QED) is 0.800. The highest BCUT2D eigenvalue weighted by Gasteiger charge is 2.49. The molecule has 19 heavy (non-hydrogen) atoms. The smallest absolute Gasteiger partial charge is 0.220 e. The molecule has 1 atom stereocenters. The highest BCUT2D eigenvalue weighted by atomic mass is 32.1. The van der Waals surface area contributed by atoms with Gasteiger partial charge in [-0.3, -0.25) is 9.59 Å². The van der Waals surface area contributed by atoms with Gasteiger partial charge in [0.2, 0.25) is 5.91 Å². The molecule has 1 unspecified atom stereocenters. The number of hydrogen-bond acceptors (Lipinski definition) is 3. The van der Waals surface area contributed by atoms with Crippen molar-refractivity contribution in [1.29, 1.82) is 0 Å². The summed E-state index contributed by atoms with van der Waals surface area (Å²) in [7, 11) is 0. The fraction of sp³-hybridized carbons (Fsp3) is 0.333. The Balaban J connectivity index is 1.86. The van der Waals surface area contributed by atoms with E-state index in [2.05, 4.69) is 17.4 Å². The van der Waals surface area contributed by atoms with E-state index in [-0.39, 0.29) is 11.7 Å². The summed E-state index contributed by atoms with van der Waals surface area (Å²) in [4.78, 5) is 25.2. The highest BCUT2D eigenvalue weighted by molar-refractivity contribution is 7.21. The van der Waals surface area contributed by atoms with Crippen LogP contribution in [0.2, 0.25) is 0 Å². The van der Waals surface area contributed by atoms with Crippen LogP contribution in [0.4, 0.5) is 0 Å². The molecule has 1 spiro atoms. The molecule has 2 heterocycles. The lowest BCUT2D eigenvalue weighted by atomic mass is 9.85. The van der Waals surface area contributed by atoms with Gasteiger partial charge in [-0.1, -0.05) is 18.2 Å². The molecule has 1 saturated heterocycles. The van der Waals surface area contributed by atoms with E-state index < -0.39 is 5.54 Å². The monoisotopic (exact) mass is 271 g/mol. The molecule has 3 nitrogen and oxygen atoms in total. The second-order valence-corrected chi connectivity index (χ2v) is 6.45. The fourth-order valence-electron chi connectivity index (χ4n) is 3.30. The summed E-state index contributed by atoms with van der Waals surface area (Å²) in [6.07, 6.45) is 2.79. The zero-order chi connectivity index (χ0) is 13.0. The Bertz CT molecular complexity index is 718. The molecule has 1 fully saturated rings. The average molecular weight is 271 g/mol. The highest BCUT2D eigenvalue weighted by Crippen LogP contribution is 2.43. The summed E-state index contributed by atoms with van der Waals surface area (Å²) >= 11 is 1.56. The van der Waals surface area contributed by atoms with Crippen molar-refractivity contribution in [3.63, 3.8) is 0 Å². The Morgan fingerprint density at radius 2 is 2.05 bits per heavy atom. The van der Waals surface area contributed by atoms with Gasteiger partial charge >= 0.3 is 0 Å². The first-order chi connectivity index (χ1) is 9.20. The zero-order valence-electron chi connectivity index (χ0n) is 10.4. The molecule has 1 aliphatic heterocycles. The van der Waals surface area contributed by atoms with E-state index in [1.165, 1.54) is 5.39 Å². The van der Waals surface area contributed by atoms with Gasteiger partial charge in [0, 0.05) is 17.5 Å². The van der Waals surface area contributed by atoms with Crippen LogP contribution in [-0.2, 0) is 11.2 Å². The number of ketones is 1. The van der Waals surface area contributed by atoms with Gasteiger partial charge < -0.3 is 5.32 Å². The Kier molecular flexibility index (Phi) is 2.16. The Hall–Kier alpha value is -1.68. The van der Waals surface area contributed by atoms with Crippen molar-refractivity contribution in [3.05, 3.63) is 34.7 Å². The van der Waals surface area contributed by atoms with Crippen molar-refractivity contribution in [2.75, 3.05) is 0 Å². The summed E-state index contributed by atoms with van der Waals surface area (Å²) in [5.41, 5.74) is 0.494. The number of fused-ring (bicyclic) bond motifs is 3. The van der Waals surface area contributed by atoms with Crippen molar-refractivity contribution >= 4 is 33.1 Å². The maximum atomic E-state index is 12.7. The Labute approximate surface area is 114 Å². The van der Waals surface area contributed by atoms with Gasteiger partial charge in [-0.15, -0.1) is 11.3 Å². The lowest BCUT2D eigenvalue weighted by Crippen LogP contribution is -2.55. The third-order valence-corrected chi connectivity index (χ3v) is 5.42. The molecule has 0 bridgehead atoms. The molecule has 1 amide bonds. The molecule has 1 aromatic carbocycles. The molecular formula is C15H13NO2S. The number of carbonyl (C=O) groups is 2. The molecule has 1 aromatic heterocycles. The van der Waals surface area contributed by atoms with Crippen LogP contribution in [0.5, 0.6) is 0 Å². The number of hydrogen-bond donors (Lipinski definition) is 1. The zero-order valence-corrected chi connectivity index (χ0v) is 11.2. The summed E-state index contributed by atoms with van der Waals surface area (Å²) in [5.74, 6) is 0.135. The number of piperidine rings is 1. The standard InChI is InChI=1S/C15H13NO2S/c17-12-6-3-7-15(16-12)8-10-9-4-1-2-5-11(9)19-13(10)14(15)18/h1-2,4-5H,3,6-8H2,(H,16,17). The van der Waals surface area contributed by atoms with Gasteiger partial charge in [0.1, 0.15) is 5.54 Å². The minimum absolute atomic E-state index is 0.0130. The third-order valence-electron chi connectivity index (χ3n) is 4.20. The van der Waals surface area contributed by atoms with E-state index >= 15 is 0 Å². The van der Waals surface area contributed by atoms with Crippen molar-refractivity contribution in [2.45, 2.75) is 31.2 Å². The fourth-order valence-corrected chi connectivity index (χ4v) is 4.56. The van der Waals surface area contributed by atoms with Crippen molar-refractivity contribution in [2.24, 2.45) is 0 Å². The van der Waals surface area contributed by atoms with Gasteiger partial charge in [-0.25, -0.2) is 0 Å². The molecule has 1 N–H and O–H groups in total. The van der Waals surface area contributed by atoms with Crippen molar-refractivity contribution < 1.29 is 9.59 Å². The van der Waals surface area contributed by atoms with Crippen LogP contribution in [0.1, 0.15) is 34.5 Å². The first-order valence-corrected chi connectivity index (χ1v) is 7.37. The molecule has 4 heteroatoms. The second-order valence-electron chi connectivity index (χ2n) is 5.40. The van der Waals surface area contributed by atoms with E-state index in [0.29, 0.717) is 12.8 Å². The van der Waals surface area contributed by atoms with Gasteiger partial charge in [0.15, 0.2) is 5.78 Å². The molecule has 2 aliphatic rings. The van der Waals surface area contributed by atoms with Crippen LogP contribution in [0.15, 0.2) is 24.3 Å². The van der Waals surface area contributed by atoms with Crippen LogP contribution in [-0.4, -0.2) is 17.2 Å². The van der Waals surface area contributed by atoms with Gasteiger partial charge in [-0.05, 0) is 29.9 Å². The van der Waals surface area contributed by atoms with E-state index in [0.717, 1.165) is 28.0 Å². The van der Waals surface area contributed by atoms with E-state index in [9.17, 15) is 9.59 Å². The first-order valence-electron chi connectivity index (χ1n) is 6.56. The molecule has 0 saturated carbocycles. The first kappa shape index (κ1) is 11.2. The number of benzene rings is 1. The molecule has 2 aromatic rings. The summed E-state index contributed by atoms with van der Waals surface area (Å²) in [6, 6.07) is 8.13. The average Bonchev–Trinajstić information content (AvgIpc) is 2.87. The summed E-state index contributed by atoms with van der Waals surface area (Å²) in [6.45, 7) is 0. The van der Waals surface area contributed by atoms with Crippen molar-refractivity contribution in [1.82, 2.24) is 5.32 Å². The predicted octanol–water partition coefficient (Wildman–Crippen LogP) is 2.68. The van der Waals surface area contributed by atoms with Gasteiger partial charge in [0.05, 0.1) is 4.88 Å². The van der Waals surface area contributed by atoms with Crippen LogP contribution < -0.4 is 5.32 Å². The van der Waals surface area contributed by atoms with E-state index in [4.69, 9.17) is 0 Å². The lowest BCUT2D eigenvalue weighted by Gasteiger charge is -2.32. The maximum Gasteiger partial charge on any atom is 0.220 e. The minimum Gasteiger partial charge on any atom is -0.343 e. The number of Topliss-reactive ketones (excluding diaryl/α,β-unsaturated/α-hetero) is 1. The van der Waals surface area contributed by atoms with Crippen LogP contribution >= 0.6 is 11.3 Å². The molecule has 0 radical (unpaired) electrons. The second kappa shape index (κ2) is 3.67. The Morgan fingerprint density at radius 1 is 1.21 bits per heavy atom. The van der Waals surface area contributed by atoms with E-state index in [1.807, 2.05) is 12.1 Å². The molecule has 1 aliphatic carbocycles. The predicted molar refractivity (Wildman–Crippen MR) is 74.6 cm³/mol. The number of nitrogens with one attached hydrogen (secondary N) is 1. The maximum absolute atomic E-state index is 12.7. The van der Waals surface area contributed by atoms with Crippen LogP contribution in [0.3, 0.4) is 0 Å². The van der Waals surface area contributed by atoms with Gasteiger partial charge in [0.25, 0.3) is 0 Å². The number of amides is 1. The number of carbonyl (C=O) groups excluding carboxylic acids is 2. The van der Waals surface area contributed by atoms with Crippen LogP contribution in [0, 0.1) is 0 Å². The minimum atomic E-state index is -0.638. The SMILES string of the molecule is O=C1CCCC2(Cc3c(sc4ccccc34)C2=O)N1. The van der Waals surface area contributed by atoms with Crippen molar-refractivity contribution in [3.8, 4) is 0 Å². The molecular weight excluding hydrogens is 258 g/mol. The molecule has 96 valence electrons. The van der Waals surface area contributed by atoms with Crippen LogP contribution in [0.25, 0.3) is 10.1 Å². The van der Waals surface area contributed by atoms with Gasteiger partial charge in [-0.2, -0.15) is 0 Å². The molecule has 4 rings (SSSR count). The lowest BCUT2D eigenvalue weighted by molar-refractivity contribution is -0.124. The largest absolute Gasteiger partial charge is 0.343 e. The van der Waals surface area contributed by atoms with E-state index in [1.54, 1.807) is 11.3 Å². The third kappa shape index (κ3) is 1.43. The topological polar surface area (TPSA) is 46.2 Å². The summed E-state index contributed by atoms with van der Waals surface area (Å²) in [5, 5.41) is 4.13. The normalized spacial score (nSPS) is 25.9. The number of rotatable bonds is 0. The number of thiophene rings is 1. The Morgan fingerprint density at radius 3 is 2.89 bits per heavy atom.